The monoisotopic (exact) mass is 407 g/mol. The minimum absolute atomic E-state index is 0.0674. The van der Waals surface area contributed by atoms with E-state index in [4.69, 9.17) is 10.4 Å². The minimum atomic E-state index is -0.278. The van der Waals surface area contributed by atoms with Crippen LogP contribution in [0.1, 0.15) is 74.3 Å². The van der Waals surface area contributed by atoms with Gasteiger partial charge in [-0.1, -0.05) is 32.3 Å². The van der Waals surface area contributed by atoms with Gasteiger partial charge in [0.1, 0.15) is 16.8 Å². The number of rotatable bonds is 4. The molecule has 2 N–H and O–H groups in total. The number of aromatic nitrogens is 3. The molecule has 0 spiro atoms. The average Bonchev–Trinajstić information content (AvgIpc) is 2.74. The lowest BCUT2D eigenvalue weighted by Gasteiger charge is -2.24. The van der Waals surface area contributed by atoms with Crippen LogP contribution in [0.5, 0.6) is 0 Å². The predicted octanol–water partition coefficient (Wildman–Crippen LogP) is 3.47. The Morgan fingerprint density at radius 2 is 2.03 bits per heavy atom. The highest BCUT2D eigenvalue weighted by molar-refractivity contribution is 5.97. The Labute approximate surface area is 175 Å². The molecule has 7 heteroatoms. The molecule has 0 radical (unpaired) electrons. The van der Waals surface area contributed by atoms with Crippen LogP contribution in [0.2, 0.25) is 0 Å². The molecule has 1 aliphatic carbocycles. The molecule has 1 aliphatic rings. The average molecular weight is 408 g/mol. The standard InChI is InChI=1S/C23H29N5O2/c1-4-15(3)28-20(24)17(22(29)25-16-8-6-5-7-9-16)12-18-21(28)26-19-11-10-14(2)13-27(19)23(18)30/h10-13,15-16,24H,4-9H2,1-3H3,(H,25,29)/t15-/m1/s1. The fourth-order valence-electron chi connectivity index (χ4n) is 4.30. The summed E-state index contributed by atoms with van der Waals surface area (Å²) in [6.07, 6.45) is 7.87. The van der Waals surface area contributed by atoms with Gasteiger partial charge < -0.3 is 9.88 Å². The van der Waals surface area contributed by atoms with Crippen molar-refractivity contribution in [2.45, 2.75) is 71.4 Å². The third-order valence-electron chi connectivity index (χ3n) is 6.21. The fourth-order valence-corrected chi connectivity index (χ4v) is 4.30. The Morgan fingerprint density at radius 3 is 2.73 bits per heavy atom. The predicted molar refractivity (Wildman–Crippen MR) is 117 cm³/mol. The Kier molecular flexibility index (Phi) is 5.45. The SMILES string of the molecule is CC[C@@H](C)n1c(=N)c(C(=O)NC2CCCCC2)cc2c(=O)n3cc(C)ccc3nc21. The van der Waals surface area contributed by atoms with Gasteiger partial charge in [0.05, 0.1) is 10.9 Å². The first kappa shape index (κ1) is 20.3. The summed E-state index contributed by atoms with van der Waals surface area (Å²) < 4.78 is 3.25. The van der Waals surface area contributed by atoms with Crippen molar-refractivity contribution >= 4 is 22.6 Å². The highest BCUT2D eigenvalue weighted by atomic mass is 16.2. The normalized spacial score (nSPS) is 16.1. The summed E-state index contributed by atoms with van der Waals surface area (Å²) in [6, 6.07) is 5.34. The van der Waals surface area contributed by atoms with Gasteiger partial charge >= 0.3 is 0 Å². The van der Waals surface area contributed by atoms with Gasteiger partial charge in [0.2, 0.25) is 0 Å². The molecule has 30 heavy (non-hydrogen) atoms. The number of hydrogen-bond acceptors (Lipinski definition) is 4. The van der Waals surface area contributed by atoms with Crippen LogP contribution >= 0.6 is 0 Å². The van der Waals surface area contributed by atoms with Crippen LogP contribution in [0.4, 0.5) is 0 Å². The van der Waals surface area contributed by atoms with Crippen LogP contribution in [0.25, 0.3) is 16.7 Å². The molecule has 1 saturated carbocycles. The van der Waals surface area contributed by atoms with Crippen molar-refractivity contribution in [2.75, 3.05) is 0 Å². The number of carbonyl (C=O) groups excluding carboxylic acids is 1. The zero-order valence-corrected chi connectivity index (χ0v) is 17.9. The largest absolute Gasteiger partial charge is 0.349 e. The third kappa shape index (κ3) is 3.53. The number of nitrogens with one attached hydrogen (secondary N) is 2. The van der Waals surface area contributed by atoms with Gasteiger partial charge in [-0.25, -0.2) is 4.98 Å². The van der Waals surface area contributed by atoms with Crippen molar-refractivity contribution < 1.29 is 4.79 Å². The van der Waals surface area contributed by atoms with Crippen LogP contribution in [-0.4, -0.2) is 25.9 Å². The molecule has 1 amide bonds. The van der Waals surface area contributed by atoms with Crippen LogP contribution in [0.3, 0.4) is 0 Å². The minimum Gasteiger partial charge on any atom is -0.349 e. The quantitative estimate of drug-likeness (QED) is 0.649. The van der Waals surface area contributed by atoms with E-state index in [1.54, 1.807) is 16.8 Å². The van der Waals surface area contributed by atoms with Crippen molar-refractivity contribution in [3.8, 4) is 0 Å². The van der Waals surface area contributed by atoms with E-state index in [1.165, 1.54) is 10.8 Å². The van der Waals surface area contributed by atoms with Gasteiger partial charge in [-0.15, -0.1) is 0 Å². The van der Waals surface area contributed by atoms with Crippen LogP contribution < -0.4 is 16.4 Å². The number of amides is 1. The molecular formula is C23H29N5O2. The van der Waals surface area contributed by atoms with E-state index < -0.39 is 0 Å². The topological polar surface area (TPSA) is 92.2 Å². The first-order valence-electron chi connectivity index (χ1n) is 10.8. The lowest BCUT2D eigenvalue weighted by atomic mass is 9.95. The summed E-state index contributed by atoms with van der Waals surface area (Å²) in [6.45, 7) is 5.93. The maximum atomic E-state index is 13.3. The smallest absolute Gasteiger partial charge is 0.267 e. The second-order valence-corrected chi connectivity index (χ2v) is 8.43. The molecule has 7 nitrogen and oxygen atoms in total. The van der Waals surface area contributed by atoms with Crippen molar-refractivity contribution in [3.63, 3.8) is 0 Å². The molecule has 0 saturated heterocycles. The van der Waals surface area contributed by atoms with Gasteiger partial charge in [-0.05, 0) is 50.8 Å². The molecule has 0 bridgehead atoms. The summed E-state index contributed by atoms with van der Waals surface area (Å²) in [7, 11) is 0. The fraction of sp³-hybridized carbons (Fsp3) is 0.478. The van der Waals surface area contributed by atoms with Gasteiger partial charge in [0, 0.05) is 18.3 Å². The summed E-state index contributed by atoms with van der Waals surface area (Å²) in [4.78, 5) is 31.1. The number of fused-ring (bicyclic) bond motifs is 2. The van der Waals surface area contributed by atoms with Crippen molar-refractivity contribution in [2.24, 2.45) is 0 Å². The van der Waals surface area contributed by atoms with E-state index in [-0.39, 0.29) is 34.6 Å². The first-order chi connectivity index (χ1) is 14.4. The van der Waals surface area contributed by atoms with Gasteiger partial charge in [0.25, 0.3) is 11.5 Å². The summed E-state index contributed by atoms with van der Waals surface area (Å²) in [5.74, 6) is -0.278. The van der Waals surface area contributed by atoms with E-state index in [1.807, 2.05) is 32.9 Å². The van der Waals surface area contributed by atoms with E-state index in [9.17, 15) is 9.59 Å². The number of nitrogens with zero attached hydrogens (tertiary/aromatic N) is 3. The number of hydrogen-bond donors (Lipinski definition) is 2. The summed E-state index contributed by atoms with van der Waals surface area (Å²) in [5.41, 5.74) is 2.06. The van der Waals surface area contributed by atoms with E-state index in [0.717, 1.165) is 37.7 Å². The molecule has 4 rings (SSSR count). The lowest BCUT2D eigenvalue weighted by molar-refractivity contribution is 0.0925. The maximum Gasteiger partial charge on any atom is 0.267 e. The number of pyridine rings is 2. The Balaban J connectivity index is 1.94. The van der Waals surface area contributed by atoms with Crippen LogP contribution in [-0.2, 0) is 0 Å². The Morgan fingerprint density at radius 1 is 1.30 bits per heavy atom. The molecule has 0 aliphatic heterocycles. The molecule has 3 aromatic heterocycles. The zero-order valence-electron chi connectivity index (χ0n) is 17.9. The molecule has 1 fully saturated rings. The molecule has 158 valence electrons. The Hall–Kier alpha value is -2.96. The molecule has 1 atom stereocenters. The molecule has 3 aromatic rings. The van der Waals surface area contributed by atoms with Crippen molar-refractivity contribution in [3.05, 3.63) is 51.4 Å². The molecule has 0 unspecified atom stereocenters. The molecule has 3 heterocycles. The molecule has 0 aromatic carbocycles. The zero-order chi connectivity index (χ0) is 21.4. The van der Waals surface area contributed by atoms with E-state index in [0.29, 0.717) is 16.7 Å². The summed E-state index contributed by atoms with van der Waals surface area (Å²) in [5, 5.41) is 12.2. The summed E-state index contributed by atoms with van der Waals surface area (Å²) >= 11 is 0. The van der Waals surface area contributed by atoms with Gasteiger partial charge in [-0.3, -0.25) is 19.4 Å². The number of aryl methyl sites for hydroxylation is 1. The highest BCUT2D eigenvalue weighted by Crippen LogP contribution is 2.19. The second-order valence-electron chi connectivity index (χ2n) is 8.43. The van der Waals surface area contributed by atoms with Crippen LogP contribution in [0, 0.1) is 12.3 Å². The highest BCUT2D eigenvalue weighted by Gasteiger charge is 2.22. The lowest BCUT2D eigenvalue weighted by Crippen LogP contribution is -2.41. The van der Waals surface area contributed by atoms with E-state index in [2.05, 4.69) is 5.32 Å². The van der Waals surface area contributed by atoms with Crippen molar-refractivity contribution in [1.29, 1.82) is 5.41 Å². The second kappa shape index (κ2) is 8.05. The Bertz CT molecular complexity index is 1230. The molecular weight excluding hydrogens is 378 g/mol. The maximum absolute atomic E-state index is 13.3. The third-order valence-corrected chi connectivity index (χ3v) is 6.21. The van der Waals surface area contributed by atoms with Gasteiger partial charge in [0.15, 0.2) is 0 Å². The number of carbonyl (C=O) groups is 1. The van der Waals surface area contributed by atoms with Crippen molar-refractivity contribution in [1.82, 2.24) is 19.3 Å². The van der Waals surface area contributed by atoms with Crippen LogP contribution in [0.15, 0.2) is 29.2 Å². The van der Waals surface area contributed by atoms with E-state index >= 15 is 0 Å². The first-order valence-corrected chi connectivity index (χ1v) is 10.8. The van der Waals surface area contributed by atoms with Gasteiger partial charge in [-0.2, -0.15) is 0 Å².